The van der Waals surface area contributed by atoms with Crippen LogP contribution < -0.4 is 0 Å². The molecular weight excluding hydrogens is 318 g/mol. The zero-order chi connectivity index (χ0) is 17.4. The highest BCUT2D eigenvalue weighted by Crippen LogP contribution is 2.23. The number of carbonyl (C=O) groups excluding carboxylic acids is 2. The van der Waals surface area contributed by atoms with E-state index in [1.165, 1.54) is 15.6 Å². The number of carbonyl (C=O) groups is 2. The zero-order valence-electron chi connectivity index (χ0n) is 13.9. The third-order valence-corrected chi connectivity index (χ3v) is 4.53. The Bertz CT molecular complexity index is 991. The largest absolute Gasteiger partial charge is 0.454 e. The number of benzene rings is 1. The summed E-state index contributed by atoms with van der Waals surface area (Å²) in [6.45, 7) is 1.43. The fourth-order valence-electron chi connectivity index (χ4n) is 3.27. The van der Waals surface area contributed by atoms with Crippen molar-refractivity contribution in [3.63, 3.8) is 0 Å². The number of esters is 1. The van der Waals surface area contributed by atoms with Crippen molar-refractivity contribution in [2.75, 3.05) is 6.61 Å². The van der Waals surface area contributed by atoms with Gasteiger partial charge in [0.15, 0.2) is 18.0 Å². The van der Waals surface area contributed by atoms with E-state index in [1.54, 1.807) is 25.4 Å². The smallest absolute Gasteiger partial charge is 0.344 e. The van der Waals surface area contributed by atoms with Gasteiger partial charge in [0.1, 0.15) is 5.56 Å². The number of ether oxygens (including phenoxy) is 1. The first-order valence-corrected chi connectivity index (χ1v) is 8.25. The van der Waals surface area contributed by atoms with Gasteiger partial charge < -0.3 is 4.74 Å². The Morgan fingerprint density at radius 1 is 1.24 bits per heavy atom. The molecule has 126 valence electrons. The average Bonchev–Trinajstić information content (AvgIpc) is 3.21. The van der Waals surface area contributed by atoms with Crippen molar-refractivity contribution in [3.05, 3.63) is 64.6 Å². The fraction of sp³-hybridized carbons (Fsp3) is 0.263. The molecule has 0 fully saturated rings. The molecule has 25 heavy (non-hydrogen) atoms. The van der Waals surface area contributed by atoms with Crippen LogP contribution in [0.3, 0.4) is 0 Å². The average molecular weight is 335 g/mol. The molecule has 4 rings (SSSR count). The molecular formula is C19H17N3O3. The van der Waals surface area contributed by atoms with Crippen LogP contribution >= 0.6 is 0 Å². The van der Waals surface area contributed by atoms with E-state index in [2.05, 4.69) is 10.1 Å². The van der Waals surface area contributed by atoms with Gasteiger partial charge in [0, 0.05) is 18.0 Å². The first kappa shape index (κ1) is 15.5. The minimum Gasteiger partial charge on any atom is -0.454 e. The zero-order valence-corrected chi connectivity index (χ0v) is 13.9. The topological polar surface area (TPSA) is 73.6 Å². The van der Waals surface area contributed by atoms with Gasteiger partial charge in [-0.15, -0.1) is 0 Å². The van der Waals surface area contributed by atoms with Gasteiger partial charge >= 0.3 is 5.97 Å². The van der Waals surface area contributed by atoms with Crippen LogP contribution in [-0.2, 0) is 17.6 Å². The first-order chi connectivity index (χ1) is 12.1. The molecule has 0 unspecified atom stereocenters. The minimum absolute atomic E-state index is 0.204. The Hall–Kier alpha value is -3.02. The molecule has 0 N–H and O–H groups in total. The van der Waals surface area contributed by atoms with Gasteiger partial charge in [-0.3, -0.25) is 4.79 Å². The second-order valence-corrected chi connectivity index (χ2v) is 6.18. The monoisotopic (exact) mass is 335 g/mol. The maximum absolute atomic E-state index is 12.4. The molecule has 6 heteroatoms. The molecule has 1 aliphatic carbocycles. The van der Waals surface area contributed by atoms with Gasteiger partial charge in [-0.1, -0.05) is 12.1 Å². The minimum atomic E-state index is -0.583. The molecule has 0 atom stereocenters. The molecule has 0 aliphatic heterocycles. The van der Waals surface area contributed by atoms with E-state index in [0.29, 0.717) is 22.5 Å². The highest BCUT2D eigenvalue weighted by molar-refractivity contribution is 6.01. The Balaban J connectivity index is 1.50. The summed E-state index contributed by atoms with van der Waals surface area (Å²) in [6.07, 6.45) is 6.50. The molecule has 1 aromatic carbocycles. The van der Waals surface area contributed by atoms with Crippen LogP contribution in [0.1, 0.15) is 44.0 Å². The van der Waals surface area contributed by atoms with Gasteiger partial charge in [-0.25, -0.2) is 14.3 Å². The summed E-state index contributed by atoms with van der Waals surface area (Å²) >= 11 is 0. The predicted molar refractivity (Wildman–Crippen MR) is 90.8 cm³/mol. The lowest BCUT2D eigenvalue weighted by Gasteiger charge is -2.06. The molecule has 2 aromatic heterocycles. The van der Waals surface area contributed by atoms with Crippen molar-refractivity contribution in [1.29, 1.82) is 0 Å². The molecule has 0 amide bonds. The molecule has 0 saturated heterocycles. The highest BCUT2D eigenvalue weighted by Gasteiger charge is 2.21. The van der Waals surface area contributed by atoms with Crippen LogP contribution in [0.25, 0.3) is 5.65 Å². The van der Waals surface area contributed by atoms with E-state index < -0.39 is 5.97 Å². The predicted octanol–water partition coefficient (Wildman–Crippen LogP) is 2.57. The van der Waals surface area contributed by atoms with Crippen LogP contribution in [0.5, 0.6) is 0 Å². The number of hydrogen-bond donors (Lipinski definition) is 0. The Morgan fingerprint density at radius 3 is 2.96 bits per heavy atom. The van der Waals surface area contributed by atoms with Crippen molar-refractivity contribution in [3.8, 4) is 0 Å². The maximum Gasteiger partial charge on any atom is 0.344 e. The molecule has 2 heterocycles. The molecule has 6 nitrogen and oxygen atoms in total. The Morgan fingerprint density at radius 2 is 2.08 bits per heavy atom. The molecule has 0 bridgehead atoms. The number of hydrogen-bond acceptors (Lipinski definition) is 5. The SMILES string of the molecule is Cc1nn2cccnc2c1C(=O)OCC(=O)c1ccc2c(c1)CCC2. The summed E-state index contributed by atoms with van der Waals surface area (Å²) in [5.74, 6) is -0.786. The van der Waals surface area contributed by atoms with Gasteiger partial charge in [0.2, 0.25) is 0 Å². The van der Waals surface area contributed by atoms with E-state index in [-0.39, 0.29) is 12.4 Å². The van der Waals surface area contributed by atoms with E-state index in [9.17, 15) is 9.59 Å². The number of aromatic nitrogens is 3. The van der Waals surface area contributed by atoms with Crippen LogP contribution in [0.4, 0.5) is 0 Å². The second kappa shape index (κ2) is 6.12. The standard InChI is InChI=1S/C19H17N3O3/c1-12-17(18-20-8-3-9-22(18)21-12)19(24)25-11-16(23)15-7-6-13-4-2-5-14(13)10-15/h3,6-10H,2,4-5,11H2,1H3. The highest BCUT2D eigenvalue weighted by atomic mass is 16.5. The van der Waals surface area contributed by atoms with Crippen LogP contribution in [-0.4, -0.2) is 33.0 Å². The summed E-state index contributed by atoms with van der Waals surface area (Å²) in [7, 11) is 0. The van der Waals surface area contributed by atoms with Crippen molar-refractivity contribution < 1.29 is 14.3 Å². The summed E-state index contributed by atoms with van der Waals surface area (Å²) < 4.78 is 6.75. The van der Waals surface area contributed by atoms with Crippen LogP contribution in [0.2, 0.25) is 0 Å². The first-order valence-electron chi connectivity index (χ1n) is 8.25. The summed E-state index contributed by atoms with van der Waals surface area (Å²) in [4.78, 5) is 28.9. The lowest BCUT2D eigenvalue weighted by molar-refractivity contribution is 0.0475. The van der Waals surface area contributed by atoms with Gasteiger partial charge in [0.05, 0.1) is 5.69 Å². The summed E-state index contributed by atoms with van der Waals surface area (Å²) in [6, 6.07) is 7.45. The molecule has 3 aromatic rings. The molecule has 0 radical (unpaired) electrons. The van der Waals surface area contributed by atoms with Crippen LogP contribution in [0.15, 0.2) is 36.7 Å². The Kier molecular flexibility index (Phi) is 3.80. The van der Waals surface area contributed by atoms with E-state index in [0.717, 1.165) is 19.3 Å². The number of nitrogens with zero attached hydrogens (tertiary/aromatic N) is 3. The molecule has 0 spiro atoms. The van der Waals surface area contributed by atoms with Crippen molar-refractivity contribution in [2.24, 2.45) is 0 Å². The third-order valence-electron chi connectivity index (χ3n) is 4.53. The number of fused-ring (bicyclic) bond motifs is 2. The Labute approximate surface area is 144 Å². The molecule has 0 saturated carbocycles. The van der Waals surface area contributed by atoms with Gasteiger partial charge in [-0.05, 0) is 49.4 Å². The summed E-state index contributed by atoms with van der Waals surface area (Å²) in [5.41, 5.74) is 4.36. The van der Waals surface area contributed by atoms with Gasteiger partial charge in [0.25, 0.3) is 0 Å². The number of rotatable bonds is 4. The normalized spacial score (nSPS) is 13.0. The van der Waals surface area contributed by atoms with Crippen molar-refractivity contribution in [1.82, 2.24) is 14.6 Å². The maximum atomic E-state index is 12.4. The van der Waals surface area contributed by atoms with Gasteiger partial charge in [-0.2, -0.15) is 5.10 Å². The number of ketones is 1. The quantitative estimate of drug-likeness (QED) is 0.541. The second-order valence-electron chi connectivity index (χ2n) is 6.18. The molecule has 1 aliphatic rings. The lowest BCUT2D eigenvalue weighted by Crippen LogP contribution is -2.15. The number of aryl methyl sites for hydroxylation is 3. The number of Topliss-reactive ketones (excluding diaryl/α,β-unsaturated/α-hetero) is 1. The van der Waals surface area contributed by atoms with Crippen LogP contribution in [0, 0.1) is 6.92 Å². The van der Waals surface area contributed by atoms with Crippen molar-refractivity contribution >= 4 is 17.4 Å². The third kappa shape index (κ3) is 2.80. The fourth-order valence-corrected chi connectivity index (χ4v) is 3.27. The van der Waals surface area contributed by atoms with Crippen molar-refractivity contribution in [2.45, 2.75) is 26.2 Å². The lowest BCUT2D eigenvalue weighted by atomic mass is 10.0. The van der Waals surface area contributed by atoms with E-state index in [1.807, 2.05) is 18.2 Å². The summed E-state index contributed by atoms with van der Waals surface area (Å²) in [5, 5.41) is 4.23. The van der Waals surface area contributed by atoms with E-state index >= 15 is 0 Å². The van der Waals surface area contributed by atoms with E-state index in [4.69, 9.17) is 4.74 Å².